The zero-order valence-electron chi connectivity index (χ0n) is 14.1. The van der Waals surface area contributed by atoms with Gasteiger partial charge in [-0.3, -0.25) is 0 Å². The predicted octanol–water partition coefficient (Wildman–Crippen LogP) is 3.41. The van der Waals surface area contributed by atoms with E-state index >= 15 is 0 Å². The predicted molar refractivity (Wildman–Crippen MR) is 91.3 cm³/mol. The molecule has 0 aliphatic heterocycles. The minimum atomic E-state index is 0.476. The first kappa shape index (κ1) is 14.9. The molecule has 1 aliphatic rings. The van der Waals surface area contributed by atoms with E-state index in [1.54, 1.807) is 7.11 Å². The second-order valence-electron chi connectivity index (χ2n) is 6.15. The molecule has 0 atom stereocenters. The number of aromatic nitrogens is 3. The van der Waals surface area contributed by atoms with Crippen LogP contribution in [0.5, 0.6) is 5.75 Å². The summed E-state index contributed by atoms with van der Waals surface area (Å²) in [6, 6.07) is 8.57. The molecule has 6 nitrogen and oxygen atoms in total. The van der Waals surface area contributed by atoms with Crippen LogP contribution in [-0.2, 0) is 6.54 Å². The van der Waals surface area contributed by atoms with Gasteiger partial charge in [0.25, 0.3) is 5.71 Å². The molecule has 2 aromatic heterocycles. The molecule has 2 heterocycles. The number of anilines is 1. The van der Waals surface area contributed by atoms with E-state index in [1.165, 1.54) is 0 Å². The van der Waals surface area contributed by atoms with Crippen LogP contribution in [-0.4, -0.2) is 28.1 Å². The maximum atomic E-state index is 5.62. The Morgan fingerprint density at radius 2 is 1.96 bits per heavy atom. The van der Waals surface area contributed by atoms with Crippen molar-refractivity contribution in [1.29, 1.82) is 0 Å². The van der Waals surface area contributed by atoms with Crippen LogP contribution in [0.4, 0.5) is 5.82 Å². The van der Waals surface area contributed by atoms with Crippen LogP contribution in [0.2, 0.25) is 0 Å². The maximum absolute atomic E-state index is 5.62. The summed E-state index contributed by atoms with van der Waals surface area (Å²) in [5.74, 6) is 3.04. The lowest BCUT2D eigenvalue weighted by Crippen LogP contribution is -2.27. The number of rotatable bonds is 5. The van der Waals surface area contributed by atoms with E-state index in [0.29, 0.717) is 23.5 Å². The van der Waals surface area contributed by atoms with Crippen molar-refractivity contribution < 1.29 is 9.15 Å². The van der Waals surface area contributed by atoms with Crippen LogP contribution in [0.25, 0.3) is 11.2 Å². The summed E-state index contributed by atoms with van der Waals surface area (Å²) in [7, 11) is 1.70. The van der Waals surface area contributed by atoms with Crippen molar-refractivity contribution in [1.82, 2.24) is 15.0 Å². The van der Waals surface area contributed by atoms with Gasteiger partial charge in [-0.2, -0.15) is 4.98 Å². The number of benzene rings is 1. The van der Waals surface area contributed by atoms with E-state index < -0.39 is 0 Å². The Bertz CT molecular complexity index is 886. The standard InChI is InChI=1S/C18H20N4O2/c1-11-19-17(16-18(20-11)24-12(2)21-16)22(14-8-9-14)10-13-6-4-5-7-15(13)23-3/h4-7,14H,8-10H2,1-3H3. The van der Waals surface area contributed by atoms with E-state index in [0.717, 1.165) is 42.0 Å². The van der Waals surface area contributed by atoms with E-state index in [2.05, 4.69) is 25.9 Å². The molecule has 4 rings (SSSR count). The first-order valence-corrected chi connectivity index (χ1v) is 8.16. The van der Waals surface area contributed by atoms with Crippen molar-refractivity contribution in [3.63, 3.8) is 0 Å². The number of para-hydroxylation sites is 1. The molecule has 1 fully saturated rings. The summed E-state index contributed by atoms with van der Waals surface area (Å²) in [6.45, 7) is 4.45. The second kappa shape index (κ2) is 5.78. The van der Waals surface area contributed by atoms with Gasteiger partial charge < -0.3 is 14.1 Å². The zero-order valence-corrected chi connectivity index (χ0v) is 14.1. The quantitative estimate of drug-likeness (QED) is 0.716. The highest BCUT2D eigenvalue weighted by atomic mass is 16.5. The van der Waals surface area contributed by atoms with E-state index in [1.807, 2.05) is 32.0 Å². The van der Waals surface area contributed by atoms with Gasteiger partial charge in [-0.1, -0.05) is 18.2 Å². The molecule has 124 valence electrons. The third-order valence-corrected chi connectivity index (χ3v) is 4.25. The van der Waals surface area contributed by atoms with Crippen LogP contribution < -0.4 is 9.64 Å². The summed E-state index contributed by atoms with van der Waals surface area (Å²) in [5, 5.41) is 0. The lowest BCUT2D eigenvalue weighted by atomic mass is 10.2. The summed E-state index contributed by atoms with van der Waals surface area (Å²) in [6.07, 6.45) is 2.33. The number of methoxy groups -OCH3 is 1. The second-order valence-corrected chi connectivity index (χ2v) is 6.15. The highest BCUT2D eigenvalue weighted by molar-refractivity contribution is 5.82. The minimum Gasteiger partial charge on any atom is -0.496 e. The van der Waals surface area contributed by atoms with Crippen LogP contribution in [0, 0.1) is 13.8 Å². The Kier molecular flexibility index (Phi) is 3.59. The van der Waals surface area contributed by atoms with Crippen LogP contribution in [0.3, 0.4) is 0 Å². The number of nitrogens with zero attached hydrogens (tertiary/aromatic N) is 4. The van der Waals surface area contributed by atoms with Gasteiger partial charge >= 0.3 is 0 Å². The van der Waals surface area contributed by atoms with Gasteiger partial charge in [0, 0.05) is 25.1 Å². The monoisotopic (exact) mass is 324 g/mol. The Morgan fingerprint density at radius 3 is 2.71 bits per heavy atom. The first-order chi connectivity index (χ1) is 11.7. The smallest absolute Gasteiger partial charge is 0.252 e. The summed E-state index contributed by atoms with van der Waals surface area (Å²) < 4.78 is 11.1. The fourth-order valence-corrected chi connectivity index (χ4v) is 3.00. The molecular weight excluding hydrogens is 304 g/mol. The number of aryl methyl sites for hydroxylation is 2. The van der Waals surface area contributed by atoms with Gasteiger partial charge in [0.1, 0.15) is 11.6 Å². The molecular formula is C18H20N4O2. The maximum Gasteiger partial charge on any atom is 0.252 e. The van der Waals surface area contributed by atoms with Crippen LogP contribution in [0.1, 0.15) is 30.1 Å². The van der Waals surface area contributed by atoms with Crippen molar-refractivity contribution in [3.05, 3.63) is 41.5 Å². The lowest BCUT2D eigenvalue weighted by molar-refractivity contribution is 0.409. The van der Waals surface area contributed by atoms with Crippen LogP contribution >= 0.6 is 0 Å². The molecule has 1 aromatic carbocycles. The number of oxazole rings is 1. The van der Waals surface area contributed by atoms with Gasteiger partial charge in [0.05, 0.1) is 7.11 Å². The molecule has 0 amide bonds. The summed E-state index contributed by atoms with van der Waals surface area (Å²) >= 11 is 0. The molecule has 1 aliphatic carbocycles. The Morgan fingerprint density at radius 1 is 1.17 bits per heavy atom. The molecule has 0 unspecified atom stereocenters. The average molecular weight is 324 g/mol. The van der Waals surface area contributed by atoms with Crippen molar-refractivity contribution in [2.24, 2.45) is 0 Å². The van der Waals surface area contributed by atoms with Crippen LogP contribution in [0.15, 0.2) is 28.7 Å². The fourth-order valence-electron chi connectivity index (χ4n) is 3.00. The minimum absolute atomic E-state index is 0.476. The van der Waals surface area contributed by atoms with Gasteiger partial charge in [0.15, 0.2) is 17.2 Å². The SMILES string of the molecule is COc1ccccc1CN(c1nc(C)nc2oc(C)nc12)C1CC1. The first-order valence-electron chi connectivity index (χ1n) is 8.16. The van der Waals surface area contributed by atoms with Gasteiger partial charge in [-0.05, 0) is 25.8 Å². The zero-order chi connectivity index (χ0) is 16.7. The summed E-state index contributed by atoms with van der Waals surface area (Å²) in [4.78, 5) is 15.9. The summed E-state index contributed by atoms with van der Waals surface area (Å²) in [5.41, 5.74) is 2.43. The normalized spacial score (nSPS) is 14.1. The van der Waals surface area contributed by atoms with Crippen molar-refractivity contribution in [2.75, 3.05) is 12.0 Å². The molecule has 24 heavy (non-hydrogen) atoms. The highest BCUT2D eigenvalue weighted by Crippen LogP contribution is 2.36. The number of hydrogen-bond donors (Lipinski definition) is 0. The molecule has 0 saturated heterocycles. The van der Waals surface area contributed by atoms with Gasteiger partial charge in [-0.25, -0.2) is 9.97 Å². The molecule has 0 bridgehead atoms. The van der Waals surface area contributed by atoms with Crippen molar-refractivity contribution in [3.8, 4) is 5.75 Å². The van der Waals surface area contributed by atoms with Crippen molar-refractivity contribution >= 4 is 17.0 Å². The molecule has 1 saturated carbocycles. The largest absolute Gasteiger partial charge is 0.496 e. The Hall–Kier alpha value is -2.63. The molecule has 3 aromatic rings. The third kappa shape index (κ3) is 2.68. The third-order valence-electron chi connectivity index (χ3n) is 4.25. The van der Waals surface area contributed by atoms with E-state index in [4.69, 9.17) is 9.15 Å². The van der Waals surface area contributed by atoms with E-state index in [9.17, 15) is 0 Å². The molecule has 0 spiro atoms. The fraction of sp³-hybridized carbons (Fsp3) is 0.389. The number of fused-ring (bicyclic) bond motifs is 1. The Balaban J connectivity index is 1.79. The average Bonchev–Trinajstić information content (AvgIpc) is 3.34. The Labute approximate surface area is 140 Å². The van der Waals surface area contributed by atoms with Gasteiger partial charge in [0.2, 0.25) is 0 Å². The molecule has 0 radical (unpaired) electrons. The van der Waals surface area contributed by atoms with E-state index in [-0.39, 0.29) is 0 Å². The van der Waals surface area contributed by atoms with Gasteiger partial charge in [-0.15, -0.1) is 0 Å². The lowest BCUT2D eigenvalue weighted by Gasteiger charge is -2.24. The number of hydrogen-bond acceptors (Lipinski definition) is 6. The topological polar surface area (TPSA) is 64.3 Å². The number of ether oxygens (including phenoxy) is 1. The molecule has 0 N–H and O–H groups in total. The highest BCUT2D eigenvalue weighted by Gasteiger charge is 2.33. The van der Waals surface area contributed by atoms with Crippen molar-refractivity contribution in [2.45, 2.75) is 39.3 Å². The molecule has 6 heteroatoms.